The molecule has 1 aliphatic rings. The molecule has 0 N–H and O–H groups in total. The monoisotopic (exact) mass is 448 g/mol. The zero-order chi connectivity index (χ0) is 19.4. The molecule has 0 aromatic heterocycles. The standard InChI is InChI=1S/C20H34P2Si4/c1-23(2)21(19-15-11-9-12-16-19)25(5,6)26(7,8)22(24(23,3)4)20-17-13-10-14-18-20/h9-18H,1-8H3. The van der Waals surface area contributed by atoms with E-state index in [1.165, 1.54) is 0 Å². The summed E-state index contributed by atoms with van der Waals surface area (Å²) >= 11 is 0. The van der Waals surface area contributed by atoms with E-state index in [9.17, 15) is 0 Å². The van der Waals surface area contributed by atoms with E-state index in [2.05, 4.69) is 113 Å². The van der Waals surface area contributed by atoms with Crippen LogP contribution in [0.4, 0.5) is 0 Å². The zero-order valence-electron chi connectivity index (χ0n) is 17.7. The second kappa shape index (κ2) is 6.90. The van der Waals surface area contributed by atoms with E-state index in [4.69, 9.17) is 0 Å². The van der Waals surface area contributed by atoms with Gasteiger partial charge in [-0.3, -0.25) is 0 Å². The molecule has 2 aromatic carbocycles. The summed E-state index contributed by atoms with van der Waals surface area (Å²) in [6.07, 6.45) is 0. The molecule has 2 aromatic rings. The van der Waals surface area contributed by atoms with Crippen molar-refractivity contribution >= 4 is 53.7 Å². The molecular weight excluding hydrogens is 415 g/mol. The molecule has 0 nitrogen and oxygen atoms in total. The smallest absolute Gasteiger partial charge is 0.0739 e. The van der Waals surface area contributed by atoms with Crippen molar-refractivity contribution in [2.45, 2.75) is 52.4 Å². The second-order valence-electron chi connectivity index (χ2n) is 9.58. The van der Waals surface area contributed by atoms with Gasteiger partial charge in [-0.1, -0.05) is 113 Å². The van der Waals surface area contributed by atoms with E-state index in [-0.39, 0.29) is 14.0 Å². The summed E-state index contributed by atoms with van der Waals surface area (Å²) in [5, 5.41) is 3.50. The molecule has 0 atom stereocenters. The molecule has 0 radical (unpaired) electrons. The van der Waals surface area contributed by atoms with Crippen LogP contribution in [0.2, 0.25) is 52.4 Å². The van der Waals surface area contributed by atoms with Gasteiger partial charge < -0.3 is 0 Å². The minimum Gasteiger partial charge on any atom is -0.103 e. The molecule has 3 rings (SSSR count). The Morgan fingerprint density at radius 2 is 0.654 bits per heavy atom. The van der Waals surface area contributed by atoms with Crippen LogP contribution < -0.4 is 10.6 Å². The first-order chi connectivity index (χ1) is 12.0. The van der Waals surface area contributed by atoms with Crippen molar-refractivity contribution < 1.29 is 0 Å². The highest BCUT2D eigenvalue weighted by Gasteiger charge is 2.68. The van der Waals surface area contributed by atoms with Crippen LogP contribution in [0, 0.1) is 0 Å². The second-order valence-corrected chi connectivity index (χ2v) is 65.9. The minimum absolute atomic E-state index is 0.0712. The summed E-state index contributed by atoms with van der Waals surface area (Å²) in [5.74, 6) is 0. The normalized spacial score (nSPS) is 28.5. The average molecular weight is 449 g/mol. The maximum Gasteiger partial charge on any atom is 0.0739 e. The van der Waals surface area contributed by atoms with Crippen LogP contribution in [-0.2, 0) is 0 Å². The van der Waals surface area contributed by atoms with Gasteiger partial charge in [-0.05, 0) is 10.6 Å². The Hall–Kier alpha value is 0.168. The van der Waals surface area contributed by atoms with Crippen molar-refractivity contribution in [3.05, 3.63) is 60.7 Å². The van der Waals surface area contributed by atoms with Gasteiger partial charge in [-0.25, -0.2) is 0 Å². The largest absolute Gasteiger partial charge is 0.103 e. The maximum absolute atomic E-state index is 2.80. The Labute approximate surface area is 166 Å². The van der Waals surface area contributed by atoms with Crippen molar-refractivity contribution in [3.8, 4) is 0 Å². The van der Waals surface area contributed by atoms with Crippen LogP contribution in [0.5, 0.6) is 0 Å². The van der Waals surface area contributed by atoms with E-state index >= 15 is 0 Å². The fraction of sp³-hybridized carbons (Fsp3) is 0.400. The molecule has 0 amide bonds. The van der Waals surface area contributed by atoms with Crippen molar-refractivity contribution in [3.63, 3.8) is 0 Å². The molecular formula is C20H34P2Si4. The van der Waals surface area contributed by atoms with Gasteiger partial charge in [0.2, 0.25) is 0 Å². The predicted molar refractivity (Wildman–Crippen MR) is 136 cm³/mol. The molecule has 0 bridgehead atoms. The molecule has 0 aliphatic carbocycles. The summed E-state index contributed by atoms with van der Waals surface area (Å²) in [5.41, 5.74) is 0. The van der Waals surface area contributed by atoms with E-state index in [0.29, 0.717) is 0 Å². The van der Waals surface area contributed by atoms with Crippen LogP contribution in [0.25, 0.3) is 0 Å². The van der Waals surface area contributed by atoms with Crippen molar-refractivity contribution in [1.29, 1.82) is 0 Å². The van der Waals surface area contributed by atoms with Gasteiger partial charge in [0.1, 0.15) is 0 Å². The molecule has 1 aliphatic heterocycles. The van der Waals surface area contributed by atoms with E-state index in [1.54, 1.807) is 10.6 Å². The van der Waals surface area contributed by atoms with Crippen LogP contribution in [-0.4, -0.2) is 29.0 Å². The third-order valence-corrected chi connectivity index (χ3v) is 113. The lowest BCUT2D eigenvalue weighted by molar-refractivity contribution is 1.76. The number of rotatable bonds is 2. The molecule has 0 unspecified atom stereocenters. The number of hydrogen-bond acceptors (Lipinski definition) is 0. The molecule has 0 spiro atoms. The first-order valence-electron chi connectivity index (χ1n) is 9.66. The van der Waals surface area contributed by atoms with E-state index in [1.807, 2.05) is 0 Å². The first kappa shape index (κ1) is 20.9. The highest BCUT2D eigenvalue weighted by Crippen LogP contribution is 2.75. The summed E-state index contributed by atoms with van der Waals surface area (Å²) in [7, 11) is -5.18. The van der Waals surface area contributed by atoms with E-state index < -0.39 is 29.0 Å². The number of hydrogen-bond donors (Lipinski definition) is 0. The van der Waals surface area contributed by atoms with Crippen LogP contribution >= 0.6 is 14.0 Å². The quantitative estimate of drug-likeness (QED) is 0.359. The summed E-state index contributed by atoms with van der Waals surface area (Å²) in [6.45, 7) is 22.4. The highest BCUT2D eigenvalue weighted by atomic mass is 31.8. The van der Waals surface area contributed by atoms with Gasteiger partial charge in [0, 0.05) is 0 Å². The lowest BCUT2D eigenvalue weighted by atomic mass is 10.4. The Morgan fingerprint density at radius 3 is 0.885 bits per heavy atom. The van der Waals surface area contributed by atoms with Crippen molar-refractivity contribution in [2.24, 2.45) is 0 Å². The molecule has 140 valence electrons. The Morgan fingerprint density at radius 1 is 0.423 bits per heavy atom. The lowest BCUT2D eigenvalue weighted by Gasteiger charge is -2.66. The molecule has 6 heteroatoms. The van der Waals surface area contributed by atoms with Gasteiger partial charge >= 0.3 is 0 Å². The van der Waals surface area contributed by atoms with Crippen LogP contribution in [0.15, 0.2) is 60.7 Å². The Balaban J connectivity index is 2.26. The summed E-state index contributed by atoms with van der Waals surface area (Å²) in [4.78, 5) is 0. The topological polar surface area (TPSA) is 0 Å². The lowest BCUT2D eigenvalue weighted by Crippen LogP contribution is -2.73. The van der Waals surface area contributed by atoms with E-state index in [0.717, 1.165) is 0 Å². The van der Waals surface area contributed by atoms with Crippen LogP contribution in [0.3, 0.4) is 0 Å². The summed E-state index contributed by atoms with van der Waals surface area (Å²) < 4.78 is 0. The highest BCUT2D eigenvalue weighted by molar-refractivity contribution is 8.55. The van der Waals surface area contributed by atoms with Gasteiger partial charge in [0.25, 0.3) is 0 Å². The Bertz CT molecular complexity index is 677. The Kier molecular flexibility index (Phi) is 5.54. The molecule has 0 saturated carbocycles. The fourth-order valence-corrected chi connectivity index (χ4v) is 175. The first-order valence-corrected chi connectivity index (χ1v) is 29.7. The molecule has 26 heavy (non-hydrogen) atoms. The van der Waals surface area contributed by atoms with Gasteiger partial charge in [0.15, 0.2) is 0 Å². The number of benzene rings is 2. The van der Waals surface area contributed by atoms with Crippen LogP contribution in [0.1, 0.15) is 0 Å². The SMILES string of the molecule is C[Si]1(C)P(c2ccccc2)[Si](C)(C)[Si](C)(C)P(c2ccccc2)[Si]1(C)C. The van der Waals surface area contributed by atoms with Gasteiger partial charge in [-0.2, -0.15) is 0 Å². The van der Waals surface area contributed by atoms with Crippen molar-refractivity contribution in [1.82, 2.24) is 0 Å². The third kappa shape index (κ3) is 2.96. The molecule has 1 fully saturated rings. The average Bonchev–Trinajstić information content (AvgIpc) is 2.55. The van der Waals surface area contributed by atoms with Gasteiger partial charge in [-0.15, -0.1) is 14.0 Å². The maximum atomic E-state index is 2.80. The molecule has 1 heterocycles. The molecule has 1 saturated heterocycles. The summed E-state index contributed by atoms with van der Waals surface area (Å²) in [6, 6.07) is 23.5. The third-order valence-electron chi connectivity index (χ3n) is 7.26. The van der Waals surface area contributed by atoms with Gasteiger partial charge in [0.05, 0.1) is 29.0 Å². The zero-order valence-corrected chi connectivity index (χ0v) is 23.5. The predicted octanol–water partition coefficient (Wildman–Crippen LogP) is 6.59. The van der Waals surface area contributed by atoms with Crippen molar-refractivity contribution in [2.75, 3.05) is 0 Å². The fourth-order valence-electron chi connectivity index (χ4n) is 4.94. The minimum atomic E-state index is -1.33.